The maximum Gasteiger partial charge on any atom is 0.251 e. The van der Waals surface area contributed by atoms with Crippen LogP contribution in [0.25, 0.3) is 0 Å². The SMILES string of the molecule is O=C(NC1CCCC1)c1ccc(CN2CCN(c3ccccc3)CC2)cc1. The molecule has 4 nitrogen and oxygen atoms in total. The maximum atomic E-state index is 12.3. The Labute approximate surface area is 162 Å². The van der Waals surface area contributed by atoms with E-state index in [2.05, 4.69) is 57.6 Å². The van der Waals surface area contributed by atoms with Crippen LogP contribution in [0.3, 0.4) is 0 Å². The van der Waals surface area contributed by atoms with Crippen molar-refractivity contribution >= 4 is 11.6 Å². The molecule has 0 bridgehead atoms. The topological polar surface area (TPSA) is 35.6 Å². The van der Waals surface area contributed by atoms with Gasteiger partial charge in [0.2, 0.25) is 0 Å². The predicted molar refractivity (Wildman–Crippen MR) is 110 cm³/mol. The lowest BCUT2D eigenvalue weighted by Crippen LogP contribution is -2.45. The van der Waals surface area contributed by atoms with E-state index < -0.39 is 0 Å². The van der Waals surface area contributed by atoms with Gasteiger partial charge >= 0.3 is 0 Å². The lowest BCUT2D eigenvalue weighted by Gasteiger charge is -2.36. The summed E-state index contributed by atoms with van der Waals surface area (Å²) in [6, 6.07) is 19.2. The summed E-state index contributed by atoms with van der Waals surface area (Å²) >= 11 is 0. The van der Waals surface area contributed by atoms with Crippen LogP contribution < -0.4 is 10.2 Å². The number of para-hydroxylation sites is 1. The van der Waals surface area contributed by atoms with Gasteiger partial charge in [-0.25, -0.2) is 0 Å². The van der Waals surface area contributed by atoms with Crippen LogP contribution >= 0.6 is 0 Å². The number of carbonyl (C=O) groups excluding carboxylic acids is 1. The number of nitrogens with one attached hydrogen (secondary N) is 1. The molecule has 2 aromatic rings. The minimum absolute atomic E-state index is 0.0740. The zero-order chi connectivity index (χ0) is 18.5. The van der Waals surface area contributed by atoms with Crippen molar-refractivity contribution in [1.29, 1.82) is 0 Å². The smallest absolute Gasteiger partial charge is 0.251 e. The molecule has 0 spiro atoms. The van der Waals surface area contributed by atoms with Crippen LogP contribution in [0.4, 0.5) is 5.69 Å². The molecule has 0 atom stereocenters. The Kier molecular flexibility index (Phi) is 5.73. The van der Waals surface area contributed by atoms with Crippen molar-refractivity contribution in [2.75, 3.05) is 31.1 Å². The minimum atomic E-state index is 0.0740. The van der Waals surface area contributed by atoms with Crippen molar-refractivity contribution in [3.8, 4) is 0 Å². The molecule has 0 aromatic heterocycles. The molecule has 4 rings (SSSR count). The van der Waals surface area contributed by atoms with Crippen molar-refractivity contribution in [2.45, 2.75) is 38.3 Å². The van der Waals surface area contributed by atoms with Crippen LogP contribution in [-0.2, 0) is 6.54 Å². The fraction of sp³-hybridized carbons (Fsp3) is 0.435. The Morgan fingerprint density at radius 3 is 2.22 bits per heavy atom. The van der Waals surface area contributed by atoms with Gasteiger partial charge in [-0.1, -0.05) is 43.2 Å². The number of rotatable bonds is 5. The second-order valence-electron chi connectivity index (χ2n) is 7.75. The molecule has 1 aliphatic heterocycles. The average Bonchev–Trinajstić information content (AvgIpc) is 3.23. The number of hydrogen-bond donors (Lipinski definition) is 1. The van der Waals surface area contributed by atoms with Gasteiger partial charge in [-0.2, -0.15) is 0 Å². The Morgan fingerprint density at radius 2 is 1.56 bits per heavy atom. The van der Waals surface area contributed by atoms with Crippen molar-refractivity contribution in [1.82, 2.24) is 10.2 Å². The Bertz CT molecular complexity index is 730. The van der Waals surface area contributed by atoms with Gasteiger partial charge in [-0.05, 0) is 42.7 Å². The van der Waals surface area contributed by atoms with Crippen molar-refractivity contribution < 1.29 is 4.79 Å². The third-order valence-electron chi connectivity index (χ3n) is 5.81. The molecule has 1 aliphatic carbocycles. The monoisotopic (exact) mass is 363 g/mol. The first kappa shape index (κ1) is 18.1. The first-order valence-corrected chi connectivity index (χ1v) is 10.2. The van der Waals surface area contributed by atoms with Crippen LogP contribution in [0.5, 0.6) is 0 Å². The van der Waals surface area contributed by atoms with Gasteiger partial charge in [0, 0.05) is 50.0 Å². The molecule has 1 heterocycles. The van der Waals surface area contributed by atoms with Crippen molar-refractivity contribution in [3.05, 3.63) is 65.7 Å². The van der Waals surface area contributed by atoms with Gasteiger partial charge in [-0.3, -0.25) is 9.69 Å². The summed E-state index contributed by atoms with van der Waals surface area (Å²) in [5.74, 6) is 0.0740. The normalized spacial score (nSPS) is 18.6. The highest BCUT2D eigenvalue weighted by Gasteiger charge is 2.19. The molecular weight excluding hydrogens is 334 g/mol. The summed E-state index contributed by atoms with van der Waals surface area (Å²) in [6.07, 6.45) is 4.72. The molecule has 27 heavy (non-hydrogen) atoms. The summed E-state index contributed by atoms with van der Waals surface area (Å²) in [6.45, 7) is 5.21. The highest BCUT2D eigenvalue weighted by atomic mass is 16.1. The van der Waals surface area contributed by atoms with Crippen molar-refractivity contribution in [2.24, 2.45) is 0 Å². The van der Waals surface area contributed by atoms with Crippen LogP contribution in [-0.4, -0.2) is 43.0 Å². The first-order valence-electron chi connectivity index (χ1n) is 10.2. The highest BCUT2D eigenvalue weighted by Crippen LogP contribution is 2.19. The van der Waals surface area contributed by atoms with E-state index in [4.69, 9.17) is 0 Å². The Balaban J connectivity index is 1.27. The summed E-state index contributed by atoms with van der Waals surface area (Å²) < 4.78 is 0. The molecule has 142 valence electrons. The lowest BCUT2D eigenvalue weighted by molar-refractivity contribution is 0.0938. The molecule has 1 N–H and O–H groups in total. The largest absolute Gasteiger partial charge is 0.369 e. The molecule has 2 aromatic carbocycles. The quantitative estimate of drug-likeness (QED) is 0.880. The van der Waals surface area contributed by atoms with Gasteiger partial charge < -0.3 is 10.2 Å². The summed E-state index contributed by atoms with van der Waals surface area (Å²) in [4.78, 5) is 17.3. The number of hydrogen-bond acceptors (Lipinski definition) is 3. The number of carbonyl (C=O) groups is 1. The number of piperazine rings is 1. The van der Waals surface area contributed by atoms with Gasteiger partial charge in [-0.15, -0.1) is 0 Å². The fourth-order valence-corrected chi connectivity index (χ4v) is 4.16. The third kappa shape index (κ3) is 4.69. The number of nitrogens with zero attached hydrogens (tertiary/aromatic N) is 2. The molecule has 2 aliphatic rings. The lowest BCUT2D eigenvalue weighted by atomic mass is 10.1. The van der Waals surface area contributed by atoms with E-state index in [9.17, 15) is 4.79 Å². The van der Waals surface area contributed by atoms with Crippen molar-refractivity contribution in [3.63, 3.8) is 0 Å². The zero-order valence-corrected chi connectivity index (χ0v) is 15.9. The molecular formula is C23H29N3O. The standard InChI is InChI=1S/C23H29N3O/c27-23(24-21-6-4-5-7-21)20-12-10-19(11-13-20)18-25-14-16-26(17-15-25)22-8-2-1-3-9-22/h1-3,8-13,21H,4-7,14-18H2,(H,24,27). The molecule has 1 saturated heterocycles. The maximum absolute atomic E-state index is 12.3. The van der Waals surface area contributed by atoms with Gasteiger partial charge in [0.05, 0.1) is 0 Å². The van der Waals surface area contributed by atoms with Crippen LogP contribution in [0.15, 0.2) is 54.6 Å². The molecule has 0 radical (unpaired) electrons. The molecule has 1 saturated carbocycles. The number of amides is 1. The van der Waals surface area contributed by atoms with Gasteiger partial charge in [0.1, 0.15) is 0 Å². The summed E-state index contributed by atoms with van der Waals surface area (Å²) in [5, 5.41) is 3.16. The van der Waals surface area contributed by atoms with E-state index in [1.54, 1.807) is 0 Å². The zero-order valence-electron chi connectivity index (χ0n) is 15.9. The molecule has 4 heteroatoms. The third-order valence-corrected chi connectivity index (χ3v) is 5.81. The number of anilines is 1. The summed E-state index contributed by atoms with van der Waals surface area (Å²) in [5.41, 5.74) is 3.37. The van der Waals surface area contributed by atoms with E-state index >= 15 is 0 Å². The van der Waals surface area contributed by atoms with E-state index in [-0.39, 0.29) is 5.91 Å². The van der Waals surface area contributed by atoms with E-state index in [1.165, 1.54) is 24.1 Å². The van der Waals surface area contributed by atoms with E-state index in [0.29, 0.717) is 6.04 Å². The second kappa shape index (κ2) is 8.57. The minimum Gasteiger partial charge on any atom is -0.369 e. The average molecular weight is 364 g/mol. The van der Waals surface area contributed by atoms with Crippen LogP contribution in [0.1, 0.15) is 41.6 Å². The van der Waals surface area contributed by atoms with E-state index in [1.807, 2.05) is 12.1 Å². The predicted octanol–water partition coefficient (Wildman–Crippen LogP) is 3.68. The fourth-order valence-electron chi connectivity index (χ4n) is 4.16. The van der Waals surface area contributed by atoms with Gasteiger partial charge in [0.15, 0.2) is 0 Å². The van der Waals surface area contributed by atoms with Crippen LogP contribution in [0.2, 0.25) is 0 Å². The molecule has 2 fully saturated rings. The Morgan fingerprint density at radius 1 is 0.889 bits per heavy atom. The van der Waals surface area contributed by atoms with Gasteiger partial charge in [0.25, 0.3) is 5.91 Å². The molecule has 0 unspecified atom stereocenters. The second-order valence-corrected chi connectivity index (χ2v) is 7.75. The number of benzene rings is 2. The highest BCUT2D eigenvalue weighted by molar-refractivity contribution is 5.94. The Hall–Kier alpha value is -2.33. The van der Waals surface area contributed by atoms with Crippen LogP contribution in [0, 0.1) is 0 Å². The summed E-state index contributed by atoms with van der Waals surface area (Å²) in [7, 11) is 0. The molecule has 1 amide bonds. The van der Waals surface area contributed by atoms with E-state index in [0.717, 1.165) is 51.1 Å². The first-order chi connectivity index (χ1) is 13.3.